The van der Waals surface area contributed by atoms with Crippen LogP contribution in [0.15, 0.2) is 24.3 Å². The molecule has 1 saturated heterocycles. The van der Waals surface area contributed by atoms with Crippen LogP contribution in [0.5, 0.6) is 0 Å². The van der Waals surface area contributed by atoms with Crippen molar-refractivity contribution in [2.24, 2.45) is 23.5 Å². The maximum absolute atomic E-state index is 12.6. The van der Waals surface area contributed by atoms with E-state index in [2.05, 4.69) is 5.32 Å². The Hall–Kier alpha value is -1.88. The molecule has 1 heterocycles. The lowest BCUT2D eigenvalue weighted by atomic mass is 9.65. The van der Waals surface area contributed by atoms with Crippen LogP contribution in [-0.4, -0.2) is 24.4 Å². The van der Waals surface area contributed by atoms with Crippen LogP contribution in [0.25, 0.3) is 0 Å². The number of carbonyl (C=O) groups is 2. The number of hydrogen-bond donors (Lipinski definition) is 2. The number of amides is 2. The van der Waals surface area contributed by atoms with Crippen molar-refractivity contribution in [2.45, 2.75) is 57.5 Å². The molecule has 0 spiro atoms. The second-order valence-corrected chi connectivity index (χ2v) is 8.23. The van der Waals surface area contributed by atoms with E-state index in [1.165, 1.54) is 19.3 Å². The standard InChI is InChI=1S/C21H29N3O2/c22-20-15-3-1-4-16(20)12-17(11-15)21(26)23-13-14-6-8-18(9-7-14)24-10-2-5-19(24)25/h6-9,15-17,20H,1-5,10-13,22H2,(H,23,26). The molecule has 140 valence electrons. The molecule has 2 amide bonds. The van der Waals surface area contributed by atoms with Gasteiger partial charge < -0.3 is 16.0 Å². The summed E-state index contributed by atoms with van der Waals surface area (Å²) in [5.41, 5.74) is 8.35. The van der Waals surface area contributed by atoms with Gasteiger partial charge in [-0.3, -0.25) is 9.59 Å². The Bertz CT molecular complexity index is 658. The van der Waals surface area contributed by atoms with Crippen LogP contribution in [0.3, 0.4) is 0 Å². The van der Waals surface area contributed by atoms with Gasteiger partial charge >= 0.3 is 0 Å². The Labute approximate surface area is 155 Å². The molecule has 1 aliphatic heterocycles. The Kier molecular flexibility index (Phi) is 4.98. The Balaban J connectivity index is 1.31. The second-order valence-electron chi connectivity index (χ2n) is 8.23. The van der Waals surface area contributed by atoms with Crippen molar-refractivity contribution in [3.8, 4) is 0 Å². The van der Waals surface area contributed by atoms with E-state index in [1.54, 1.807) is 0 Å². The fourth-order valence-corrected chi connectivity index (χ4v) is 5.05. The number of benzene rings is 1. The van der Waals surface area contributed by atoms with Gasteiger partial charge in [-0.05, 0) is 61.6 Å². The summed E-state index contributed by atoms with van der Waals surface area (Å²) in [5, 5.41) is 3.11. The van der Waals surface area contributed by atoms with E-state index < -0.39 is 0 Å². The zero-order valence-electron chi connectivity index (χ0n) is 15.3. The molecule has 3 fully saturated rings. The molecule has 4 rings (SSSR count). The average Bonchev–Trinajstić information content (AvgIpc) is 3.06. The van der Waals surface area contributed by atoms with Crippen molar-refractivity contribution in [3.63, 3.8) is 0 Å². The summed E-state index contributed by atoms with van der Waals surface area (Å²) in [5.74, 6) is 1.54. The first-order valence-electron chi connectivity index (χ1n) is 10.0. The molecule has 0 radical (unpaired) electrons. The Morgan fingerprint density at radius 2 is 1.81 bits per heavy atom. The third-order valence-corrected chi connectivity index (χ3v) is 6.57. The van der Waals surface area contributed by atoms with E-state index >= 15 is 0 Å². The number of nitrogens with two attached hydrogens (primary N) is 1. The minimum Gasteiger partial charge on any atom is -0.352 e. The number of anilines is 1. The first-order chi connectivity index (χ1) is 12.6. The molecule has 3 aliphatic rings. The van der Waals surface area contributed by atoms with Crippen molar-refractivity contribution in [1.29, 1.82) is 0 Å². The van der Waals surface area contributed by atoms with Crippen LogP contribution in [0, 0.1) is 17.8 Å². The molecule has 1 aromatic carbocycles. The second kappa shape index (κ2) is 7.39. The summed E-state index contributed by atoms with van der Waals surface area (Å²) < 4.78 is 0. The zero-order chi connectivity index (χ0) is 18.1. The van der Waals surface area contributed by atoms with Gasteiger partial charge in [0.2, 0.25) is 11.8 Å². The van der Waals surface area contributed by atoms with Crippen molar-refractivity contribution >= 4 is 17.5 Å². The maximum atomic E-state index is 12.6. The summed E-state index contributed by atoms with van der Waals surface area (Å²) in [6, 6.07) is 8.27. The number of fused-ring (bicyclic) bond motifs is 2. The van der Waals surface area contributed by atoms with Crippen molar-refractivity contribution in [3.05, 3.63) is 29.8 Å². The van der Waals surface area contributed by atoms with Gasteiger partial charge in [-0.2, -0.15) is 0 Å². The van der Waals surface area contributed by atoms with E-state index in [4.69, 9.17) is 5.73 Å². The fourth-order valence-electron chi connectivity index (χ4n) is 5.05. The molecule has 2 saturated carbocycles. The highest BCUT2D eigenvalue weighted by molar-refractivity contribution is 5.95. The molecule has 1 aromatic rings. The molecule has 5 nitrogen and oxygen atoms in total. The zero-order valence-corrected chi connectivity index (χ0v) is 15.3. The van der Waals surface area contributed by atoms with Crippen LogP contribution in [0.1, 0.15) is 50.5 Å². The van der Waals surface area contributed by atoms with E-state index in [9.17, 15) is 9.59 Å². The van der Waals surface area contributed by atoms with Gasteiger partial charge in [0.1, 0.15) is 0 Å². The normalized spacial score (nSPS) is 31.1. The Morgan fingerprint density at radius 1 is 1.12 bits per heavy atom. The van der Waals surface area contributed by atoms with Gasteiger partial charge in [0.25, 0.3) is 0 Å². The SMILES string of the molecule is NC1C2CCCC1CC(C(=O)NCc1ccc(N3CCCC3=O)cc1)C2. The lowest BCUT2D eigenvalue weighted by Crippen LogP contribution is -2.49. The van der Waals surface area contributed by atoms with Crippen LogP contribution in [0.4, 0.5) is 5.69 Å². The highest BCUT2D eigenvalue weighted by Gasteiger charge is 2.40. The summed E-state index contributed by atoms with van der Waals surface area (Å²) in [6.45, 7) is 1.35. The molecule has 0 aromatic heterocycles. The van der Waals surface area contributed by atoms with Gasteiger partial charge in [0, 0.05) is 37.2 Å². The van der Waals surface area contributed by atoms with Crippen molar-refractivity contribution in [2.75, 3.05) is 11.4 Å². The molecule has 2 atom stereocenters. The first-order valence-corrected chi connectivity index (χ1v) is 10.0. The number of carbonyl (C=O) groups excluding carboxylic acids is 2. The van der Waals surface area contributed by atoms with Crippen molar-refractivity contribution < 1.29 is 9.59 Å². The number of rotatable bonds is 4. The molecule has 26 heavy (non-hydrogen) atoms. The predicted molar refractivity (Wildman–Crippen MR) is 101 cm³/mol. The quantitative estimate of drug-likeness (QED) is 0.872. The van der Waals surface area contributed by atoms with Crippen LogP contribution in [0.2, 0.25) is 0 Å². The van der Waals surface area contributed by atoms with Crippen LogP contribution >= 0.6 is 0 Å². The average molecular weight is 355 g/mol. The number of nitrogens with one attached hydrogen (secondary N) is 1. The third kappa shape index (κ3) is 3.50. The lowest BCUT2D eigenvalue weighted by molar-refractivity contribution is -0.128. The molecule has 3 N–H and O–H groups in total. The third-order valence-electron chi connectivity index (χ3n) is 6.57. The highest BCUT2D eigenvalue weighted by Crippen LogP contribution is 2.41. The summed E-state index contributed by atoms with van der Waals surface area (Å²) in [7, 11) is 0. The van der Waals surface area contributed by atoms with E-state index in [0.717, 1.165) is 37.1 Å². The topological polar surface area (TPSA) is 75.4 Å². The van der Waals surface area contributed by atoms with Gasteiger partial charge in [-0.1, -0.05) is 18.6 Å². The number of hydrogen-bond acceptors (Lipinski definition) is 3. The molecule has 2 bridgehead atoms. The summed E-state index contributed by atoms with van der Waals surface area (Å²) >= 11 is 0. The largest absolute Gasteiger partial charge is 0.352 e. The molecular weight excluding hydrogens is 326 g/mol. The van der Waals surface area contributed by atoms with E-state index in [0.29, 0.717) is 30.8 Å². The highest BCUT2D eigenvalue weighted by atomic mass is 16.2. The molecule has 5 heteroatoms. The van der Waals surface area contributed by atoms with Crippen LogP contribution in [-0.2, 0) is 16.1 Å². The summed E-state index contributed by atoms with van der Waals surface area (Å²) in [6.07, 6.45) is 7.09. The van der Waals surface area contributed by atoms with Gasteiger partial charge in [-0.25, -0.2) is 0 Å². The molecular formula is C21H29N3O2. The minimum absolute atomic E-state index is 0.117. The smallest absolute Gasteiger partial charge is 0.227 e. The maximum Gasteiger partial charge on any atom is 0.227 e. The van der Waals surface area contributed by atoms with E-state index in [1.807, 2.05) is 29.2 Å². The fraction of sp³-hybridized carbons (Fsp3) is 0.619. The van der Waals surface area contributed by atoms with Gasteiger partial charge in [-0.15, -0.1) is 0 Å². The monoisotopic (exact) mass is 355 g/mol. The number of nitrogens with zero attached hydrogens (tertiary/aromatic N) is 1. The predicted octanol–water partition coefficient (Wildman–Crippen LogP) is 2.58. The van der Waals surface area contributed by atoms with Gasteiger partial charge in [0.05, 0.1) is 0 Å². The minimum atomic E-state index is 0.117. The summed E-state index contributed by atoms with van der Waals surface area (Å²) in [4.78, 5) is 26.3. The Morgan fingerprint density at radius 3 is 2.42 bits per heavy atom. The van der Waals surface area contributed by atoms with Crippen molar-refractivity contribution in [1.82, 2.24) is 5.32 Å². The van der Waals surface area contributed by atoms with E-state index in [-0.39, 0.29) is 17.7 Å². The van der Waals surface area contributed by atoms with Crippen LogP contribution < -0.4 is 16.0 Å². The first kappa shape index (κ1) is 17.5. The molecule has 2 unspecified atom stereocenters. The van der Waals surface area contributed by atoms with Gasteiger partial charge in [0.15, 0.2) is 0 Å². The molecule has 2 aliphatic carbocycles. The lowest BCUT2D eigenvalue weighted by Gasteiger charge is -2.43.